The van der Waals surface area contributed by atoms with Crippen molar-refractivity contribution in [2.75, 3.05) is 0 Å². The molecule has 3 rings (SSSR count). The molecule has 0 unspecified atom stereocenters. The van der Waals surface area contributed by atoms with E-state index in [1.165, 1.54) is 0 Å². The number of halogens is 1. The van der Waals surface area contributed by atoms with Gasteiger partial charge in [-0.25, -0.2) is 13.1 Å². The number of hydrogen-bond donors (Lipinski definition) is 1. The predicted octanol–water partition coefficient (Wildman–Crippen LogP) is 4.36. The molecular weight excluding hydrogens is 394 g/mol. The lowest BCUT2D eigenvalue weighted by atomic mass is 9.92. The number of nitrogens with zero attached hydrogens (tertiary/aromatic N) is 2. The first-order chi connectivity index (χ1) is 13.1. The summed E-state index contributed by atoms with van der Waals surface area (Å²) < 4.78 is 30.4. The van der Waals surface area contributed by atoms with Crippen LogP contribution in [-0.2, 0) is 28.5 Å². The maximum Gasteiger partial charge on any atom is 0.244 e. The lowest BCUT2D eigenvalue weighted by Crippen LogP contribution is -2.26. The molecule has 0 saturated carbocycles. The van der Waals surface area contributed by atoms with Gasteiger partial charge in [-0.3, -0.25) is 4.68 Å². The number of nitrogens with one attached hydrogen (secondary N) is 1. The Kier molecular flexibility index (Phi) is 5.93. The molecule has 0 aliphatic rings. The van der Waals surface area contributed by atoms with Gasteiger partial charge >= 0.3 is 0 Å². The Balaban J connectivity index is 1.88. The van der Waals surface area contributed by atoms with Crippen molar-refractivity contribution < 1.29 is 8.42 Å². The molecule has 0 atom stereocenters. The number of benzene rings is 2. The Morgan fingerprint density at radius 3 is 2.25 bits per heavy atom. The average molecular weight is 418 g/mol. The van der Waals surface area contributed by atoms with Gasteiger partial charge in [-0.15, -0.1) is 0 Å². The highest BCUT2D eigenvalue weighted by molar-refractivity contribution is 7.89. The molecule has 3 aromatic rings. The van der Waals surface area contributed by atoms with E-state index in [2.05, 4.69) is 9.82 Å². The minimum absolute atomic E-state index is 0.187. The van der Waals surface area contributed by atoms with Gasteiger partial charge in [-0.2, -0.15) is 5.10 Å². The number of rotatable bonds is 6. The van der Waals surface area contributed by atoms with Crippen LogP contribution in [0.4, 0.5) is 0 Å². The van der Waals surface area contributed by atoms with E-state index < -0.39 is 15.4 Å². The van der Waals surface area contributed by atoms with Gasteiger partial charge in [0, 0.05) is 23.2 Å². The fourth-order valence-electron chi connectivity index (χ4n) is 2.83. The molecule has 0 saturated heterocycles. The SMILES string of the molecule is CC(C)(C)c1nn(Cc2ccccc2)cc1S(=O)(=O)NCc1ccc(Cl)cc1. The summed E-state index contributed by atoms with van der Waals surface area (Å²) >= 11 is 5.89. The summed E-state index contributed by atoms with van der Waals surface area (Å²) in [5.74, 6) is 0. The summed E-state index contributed by atoms with van der Waals surface area (Å²) in [7, 11) is -3.72. The Morgan fingerprint density at radius 1 is 1.00 bits per heavy atom. The average Bonchev–Trinajstić information content (AvgIpc) is 3.07. The van der Waals surface area contributed by atoms with Crippen LogP contribution in [-0.4, -0.2) is 18.2 Å². The van der Waals surface area contributed by atoms with E-state index >= 15 is 0 Å². The summed E-state index contributed by atoms with van der Waals surface area (Å²) in [6.07, 6.45) is 1.61. The first-order valence-corrected chi connectivity index (χ1v) is 10.9. The second-order valence-electron chi connectivity index (χ2n) is 7.73. The molecule has 1 heterocycles. The lowest BCUT2D eigenvalue weighted by molar-refractivity contribution is 0.531. The monoisotopic (exact) mass is 417 g/mol. The summed E-state index contributed by atoms with van der Waals surface area (Å²) in [4.78, 5) is 0.213. The highest BCUT2D eigenvalue weighted by atomic mass is 35.5. The number of sulfonamides is 1. The molecule has 1 N–H and O–H groups in total. The first kappa shape index (κ1) is 20.6. The van der Waals surface area contributed by atoms with Gasteiger partial charge in [0.25, 0.3) is 0 Å². The molecule has 0 radical (unpaired) electrons. The van der Waals surface area contributed by atoms with Crippen molar-refractivity contribution in [1.29, 1.82) is 0 Å². The third-order valence-corrected chi connectivity index (χ3v) is 5.95. The van der Waals surface area contributed by atoms with Crippen molar-refractivity contribution in [2.45, 2.75) is 44.2 Å². The summed E-state index contributed by atoms with van der Waals surface area (Å²) in [5.41, 5.74) is 2.03. The van der Waals surface area contributed by atoms with E-state index in [4.69, 9.17) is 11.6 Å². The lowest BCUT2D eigenvalue weighted by Gasteiger charge is -2.17. The smallest absolute Gasteiger partial charge is 0.244 e. The molecule has 28 heavy (non-hydrogen) atoms. The molecule has 0 fully saturated rings. The zero-order chi connectivity index (χ0) is 20.4. The molecule has 0 amide bonds. The van der Waals surface area contributed by atoms with Gasteiger partial charge in [0.1, 0.15) is 4.90 Å². The van der Waals surface area contributed by atoms with Gasteiger partial charge in [-0.05, 0) is 23.3 Å². The normalized spacial score (nSPS) is 12.3. The Labute approximate surface area is 171 Å². The Hall–Kier alpha value is -2.15. The molecule has 0 bridgehead atoms. The third kappa shape index (κ3) is 5.01. The Morgan fingerprint density at radius 2 is 1.64 bits per heavy atom. The van der Waals surface area contributed by atoms with E-state index in [1.807, 2.05) is 51.1 Å². The zero-order valence-corrected chi connectivity index (χ0v) is 17.8. The van der Waals surface area contributed by atoms with Gasteiger partial charge in [0.2, 0.25) is 10.0 Å². The van der Waals surface area contributed by atoms with Crippen LogP contribution in [0.1, 0.15) is 37.6 Å². The molecule has 7 heteroatoms. The van der Waals surface area contributed by atoms with Crippen molar-refractivity contribution in [3.05, 3.63) is 82.6 Å². The van der Waals surface area contributed by atoms with Gasteiger partial charge < -0.3 is 0 Å². The van der Waals surface area contributed by atoms with E-state index in [-0.39, 0.29) is 11.4 Å². The second-order valence-corrected chi connectivity index (χ2v) is 9.90. The van der Waals surface area contributed by atoms with E-state index in [0.717, 1.165) is 11.1 Å². The Bertz CT molecular complexity index is 1040. The minimum atomic E-state index is -3.72. The molecule has 0 aliphatic heterocycles. The molecule has 148 valence electrons. The van der Waals surface area contributed by atoms with Crippen LogP contribution in [0.3, 0.4) is 0 Å². The van der Waals surface area contributed by atoms with Crippen molar-refractivity contribution in [3.8, 4) is 0 Å². The topological polar surface area (TPSA) is 64.0 Å². The molecule has 1 aromatic heterocycles. The molecule has 5 nitrogen and oxygen atoms in total. The van der Waals surface area contributed by atoms with Gasteiger partial charge in [0.05, 0.1) is 12.2 Å². The van der Waals surface area contributed by atoms with E-state index in [0.29, 0.717) is 17.3 Å². The highest BCUT2D eigenvalue weighted by Crippen LogP contribution is 2.28. The second kappa shape index (κ2) is 8.07. The van der Waals surface area contributed by atoms with Crippen LogP contribution in [0.25, 0.3) is 0 Å². The molecule has 0 spiro atoms. The van der Waals surface area contributed by atoms with Crippen LogP contribution < -0.4 is 4.72 Å². The van der Waals surface area contributed by atoms with Crippen molar-refractivity contribution in [3.63, 3.8) is 0 Å². The van der Waals surface area contributed by atoms with E-state index in [1.54, 1.807) is 35.1 Å². The fraction of sp³-hybridized carbons (Fsp3) is 0.286. The van der Waals surface area contributed by atoms with Gasteiger partial charge in [0.15, 0.2) is 0 Å². The van der Waals surface area contributed by atoms with Crippen LogP contribution in [0.2, 0.25) is 5.02 Å². The number of hydrogen-bond acceptors (Lipinski definition) is 3. The maximum absolute atomic E-state index is 13.0. The van der Waals surface area contributed by atoms with Crippen molar-refractivity contribution in [1.82, 2.24) is 14.5 Å². The summed E-state index contributed by atoms with van der Waals surface area (Å²) in [6.45, 7) is 6.57. The quantitative estimate of drug-likeness (QED) is 0.648. The maximum atomic E-state index is 13.0. The number of aromatic nitrogens is 2. The molecule has 2 aromatic carbocycles. The minimum Gasteiger partial charge on any atom is -0.267 e. The van der Waals surface area contributed by atoms with Crippen molar-refractivity contribution in [2.24, 2.45) is 0 Å². The van der Waals surface area contributed by atoms with Crippen molar-refractivity contribution >= 4 is 21.6 Å². The molecule has 0 aliphatic carbocycles. The third-order valence-electron chi connectivity index (χ3n) is 4.30. The predicted molar refractivity (Wildman–Crippen MR) is 112 cm³/mol. The van der Waals surface area contributed by atoms with Crippen LogP contribution in [0.5, 0.6) is 0 Å². The van der Waals surface area contributed by atoms with Crippen LogP contribution in [0.15, 0.2) is 65.7 Å². The summed E-state index contributed by atoms with van der Waals surface area (Å²) in [6, 6.07) is 16.9. The fourth-order valence-corrected chi connectivity index (χ4v) is 4.33. The standard InChI is InChI=1S/C21H24ClN3O2S/c1-21(2,3)20-19(15-25(24-20)14-17-7-5-4-6-8-17)28(26,27)23-13-16-9-11-18(22)12-10-16/h4-12,15,23H,13-14H2,1-3H3. The van der Waals surface area contributed by atoms with E-state index in [9.17, 15) is 8.42 Å². The van der Waals surface area contributed by atoms with Gasteiger partial charge in [-0.1, -0.05) is 74.8 Å². The zero-order valence-electron chi connectivity index (χ0n) is 16.2. The van der Waals surface area contributed by atoms with Crippen LogP contribution in [0, 0.1) is 0 Å². The highest BCUT2D eigenvalue weighted by Gasteiger charge is 2.29. The first-order valence-electron chi connectivity index (χ1n) is 9.01. The summed E-state index contributed by atoms with van der Waals surface area (Å²) in [5, 5.41) is 5.20. The molecular formula is C21H24ClN3O2S. The largest absolute Gasteiger partial charge is 0.267 e. The van der Waals surface area contributed by atoms with Crippen LogP contribution >= 0.6 is 11.6 Å².